The van der Waals surface area contributed by atoms with Crippen LogP contribution < -0.4 is 10.0 Å². The Balaban J connectivity index is 1.64. The van der Waals surface area contributed by atoms with E-state index in [2.05, 4.69) is 30.8 Å². The van der Waals surface area contributed by atoms with Gasteiger partial charge < -0.3 is 10.2 Å². The number of fused-ring (bicyclic) bond motifs is 2. The van der Waals surface area contributed by atoms with E-state index in [0.29, 0.717) is 18.9 Å². The van der Waals surface area contributed by atoms with Gasteiger partial charge in [-0.15, -0.1) is 0 Å². The molecule has 4 atom stereocenters. The Bertz CT molecular complexity index is 604. The van der Waals surface area contributed by atoms with E-state index in [1.165, 1.54) is 13.5 Å². The average molecular weight is 343 g/mol. The summed E-state index contributed by atoms with van der Waals surface area (Å²) in [6.45, 7) is 7.73. The number of carbonyl (C=O) groups excluding carboxylic acids is 1. The molecular weight excluding hydrogens is 314 g/mol. The molecule has 1 aliphatic heterocycles. The molecule has 132 valence electrons. The molecule has 0 aromatic rings. The second-order valence-electron chi connectivity index (χ2n) is 8.22. The maximum absolute atomic E-state index is 12.6. The van der Waals surface area contributed by atoms with Gasteiger partial charge in [-0.3, -0.25) is 0 Å². The van der Waals surface area contributed by atoms with Crippen LogP contribution in [0.4, 0.5) is 4.79 Å². The number of sulfonamides is 1. The molecule has 6 nitrogen and oxygen atoms in total. The van der Waals surface area contributed by atoms with Gasteiger partial charge in [0.15, 0.2) is 0 Å². The number of likely N-dealkylation sites (tertiary alicyclic amines) is 1. The third kappa shape index (κ3) is 2.47. The van der Waals surface area contributed by atoms with Crippen molar-refractivity contribution in [1.29, 1.82) is 0 Å². The smallest absolute Gasteiger partial charge is 0.317 e. The molecule has 0 spiro atoms. The Morgan fingerprint density at radius 1 is 1.22 bits per heavy atom. The Morgan fingerprint density at radius 2 is 1.91 bits per heavy atom. The summed E-state index contributed by atoms with van der Waals surface area (Å²) in [7, 11) is -1.88. The van der Waals surface area contributed by atoms with E-state index < -0.39 is 15.3 Å². The summed E-state index contributed by atoms with van der Waals surface area (Å²) >= 11 is 0. The van der Waals surface area contributed by atoms with Gasteiger partial charge in [-0.25, -0.2) is 17.9 Å². The maximum atomic E-state index is 12.6. The highest BCUT2D eigenvalue weighted by atomic mass is 32.2. The minimum absolute atomic E-state index is 0.103. The van der Waals surface area contributed by atoms with Gasteiger partial charge in [0, 0.05) is 19.1 Å². The molecule has 0 aromatic carbocycles. The van der Waals surface area contributed by atoms with Crippen LogP contribution in [0.25, 0.3) is 0 Å². The van der Waals surface area contributed by atoms with Crippen molar-refractivity contribution in [3.8, 4) is 0 Å². The van der Waals surface area contributed by atoms with Crippen LogP contribution in [0.15, 0.2) is 0 Å². The number of nitrogens with one attached hydrogen (secondary N) is 2. The van der Waals surface area contributed by atoms with Gasteiger partial charge in [0.25, 0.3) is 0 Å². The van der Waals surface area contributed by atoms with Crippen LogP contribution in [-0.4, -0.2) is 50.8 Å². The quantitative estimate of drug-likeness (QED) is 0.816. The fourth-order valence-electron chi connectivity index (χ4n) is 4.99. The predicted molar refractivity (Wildman–Crippen MR) is 89.5 cm³/mol. The van der Waals surface area contributed by atoms with E-state index in [9.17, 15) is 13.2 Å². The van der Waals surface area contributed by atoms with Crippen molar-refractivity contribution in [2.45, 2.75) is 57.7 Å². The number of amides is 2. The molecule has 3 rings (SSSR count). The van der Waals surface area contributed by atoms with Crippen molar-refractivity contribution in [1.82, 2.24) is 14.9 Å². The van der Waals surface area contributed by atoms with E-state index in [-0.39, 0.29) is 29.4 Å². The fourth-order valence-corrected chi connectivity index (χ4v) is 6.12. The van der Waals surface area contributed by atoms with Crippen molar-refractivity contribution in [2.75, 3.05) is 20.1 Å². The molecule has 2 aliphatic carbocycles. The van der Waals surface area contributed by atoms with Gasteiger partial charge in [0.2, 0.25) is 10.0 Å². The summed E-state index contributed by atoms with van der Waals surface area (Å²) in [6.07, 6.45) is 3.96. The van der Waals surface area contributed by atoms with Gasteiger partial charge in [-0.1, -0.05) is 20.8 Å². The predicted octanol–water partition coefficient (Wildman–Crippen LogP) is 1.53. The molecule has 3 fully saturated rings. The van der Waals surface area contributed by atoms with Crippen LogP contribution in [0.1, 0.15) is 46.5 Å². The third-order valence-electron chi connectivity index (χ3n) is 7.25. The van der Waals surface area contributed by atoms with E-state index in [1.807, 2.05) is 0 Å². The van der Waals surface area contributed by atoms with E-state index in [0.717, 1.165) is 12.8 Å². The molecule has 2 bridgehead atoms. The number of urea groups is 1. The second-order valence-corrected chi connectivity index (χ2v) is 10.4. The highest BCUT2D eigenvalue weighted by Crippen LogP contribution is 2.65. The largest absolute Gasteiger partial charge is 0.335 e. The molecule has 0 unspecified atom stereocenters. The summed E-state index contributed by atoms with van der Waals surface area (Å²) in [4.78, 5) is 14.2. The minimum atomic E-state index is -3.30. The number of hydrogen-bond donors (Lipinski definition) is 2. The number of carbonyl (C=O) groups is 1. The Morgan fingerprint density at radius 3 is 2.43 bits per heavy atom. The standard InChI is InChI=1S/C16H29N3O3S/c1-15(2)11-5-7-16(15,3)13(9-11)18-14(20)19-8-6-12(10-19)23(21,22)17-4/h11-13,17H,5-10H2,1-4H3,(H,18,20)/t11-,12-,13-,16-/m1/s1. The number of nitrogens with zero attached hydrogens (tertiary/aromatic N) is 1. The molecule has 23 heavy (non-hydrogen) atoms. The lowest BCUT2D eigenvalue weighted by Crippen LogP contribution is -2.51. The lowest BCUT2D eigenvalue weighted by molar-refractivity contribution is 0.119. The zero-order chi connectivity index (χ0) is 17.0. The SMILES string of the molecule is CNS(=O)(=O)[C@@H]1CCN(C(=O)N[C@@H]2C[C@H]3CC[C@@]2(C)C3(C)C)C1. The first-order chi connectivity index (χ1) is 10.6. The van der Waals surface area contributed by atoms with Crippen molar-refractivity contribution >= 4 is 16.1 Å². The van der Waals surface area contributed by atoms with Crippen LogP contribution >= 0.6 is 0 Å². The van der Waals surface area contributed by atoms with E-state index >= 15 is 0 Å². The Hall–Kier alpha value is -0.820. The summed E-state index contributed by atoms with van der Waals surface area (Å²) in [6, 6.07) is 0.0945. The van der Waals surface area contributed by atoms with Crippen LogP contribution in [0.3, 0.4) is 0 Å². The summed E-state index contributed by atoms with van der Waals surface area (Å²) in [5.41, 5.74) is 0.400. The topological polar surface area (TPSA) is 78.5 Å². The van der Waals surface area contributed by atoms with Crippen molar-refractivity contribution in [2.24, 2.45) is 16.7 Å². The van der Waals surface area contributed by atoms with E-state index in [1.54, 1.807) is 4.90 Å². The van der Waals surface area contributed by atoms with Crippen LogP contribution in [0.2, 0.25) is 0 Å². The first-order valence-corrected chi connectivity index (χ1v) is 10.1. The molecule has 7 heteroatoms. The molecule has 1 saturated heterocycles. The fraction of sp³-hybridized carbons (Fsp3) is 0.938. The summed E-state index contributed by atoms with van der Waals surface area (Å²) in [5.74, 6) is 0.675. The minimum Gasteiger partial charge on any atom is -0.335 e. The van der Waals surface area contributed by atoms with Crippen LogP contribution in [0, 0.1) is 16.7 Å². The van der Waals surface area contributed by atoms with Crippen LogP contribution in [-0.2, 0) is 10.0 Å². The van der Waals surface area contributed by atoms with Gasteiger partial charge in [0.05, 0.1) is 5.25 Å². The molecule has 0 aromatic heterocycles. The second kappa shape index (κ2) is 5.34. The Labute approximate surface area is 139 Å². The molecule has 3 aliphatic rings. The monoisotopic (exact) mass is 343 g/mol. The molecule has 1 heterocycles. The van der Waals surface area contributed by atoms with Gasteiger partial charge >= 0.3 is 6.03 Å². The third-order valence-corrected chi connectivity index (χ3v) is 9.08. The molecular formula is C16H29N3O3S. The lowest BCUT2D eigenvalue weighted by atomic mass is 9.69. The summed E-state index contributed by atoms with van der Waals surface area (Å²) in [5, 5.41) is 2.72. The lowest BCUT2D eigenvalue weighted by Gasteiger charge is -2.40. The number of hydrogen-bond acceptors (Lipinski definition) is 3. The molecule has 0 radical (unpaired) electrons. The van der Waals surface area contributed by atoms with E-state index in [4.69, 9.17) is 0 Å². The first-order valence-electron chi connectivity index (χ1n) is 8.59. The highest BCUT2D eigenvalue weighted by molar-refractivity contribution is 7.90. The maximum Gasteiger partial charge on any atom is 0.317 e. The normalized spacial score (nSPS) is 39.0. The highest BCUT2D eigenvalue weighted by Gasteiger charge is 2.61. The van der Waals surface area contributed by atoms with Crippen molar-refractivity contribution in [3.63, 3.8) is 0 Å². The first kappa shape index (κ1) is 17.0. The van der Waals surface area contributed by atoms with Crippen molar-refractivity contribution in [3.05, 3.63) is 0 Å². The zero-order valence-electron chi connectivity index (χ0n) is 14.6. The Kier molecular flexibility index (Phi) is 3.95. The number of rotatable bonds is 3. The average Bonchev–Trinajstić information content (AvgIpc) is 3.11. The van der Waals surface area contributed by atoms with Crippen LogP contribution in [0.5, 0.6) is 0 Å². The van der Waals surface area contributed by atoms with Gasteiger partial charge in [-0.05, 0) is 49.5 Å². The van der Waals surface area contributed by atoms with Gasteiger partial charge in [0.1, 0.15) is 0 Å². The summed E-state index contributed by atoms with van der Waals surface area (Å²) < 4.78 is 26.1. The molecule has 2 N–H and O–H groups in total. The molecule has 2 saturated carbocycles. The molecule has 2 amide bonds. The van der Waals surface area contributed by atoms with Gasteiger partial charge in [-0.2, -0.15) is 0 Å². The zero-order valence-corrected chi connectivity index (χ0v) is 15.4. The van der Waals surface area contributed by atoms with Crippen molar-refractivity contribution < 1.29 is 13.2 Å².